The molecule has 0 aromatic carbocycles. The zero-order chi connectivity index (χ0) is 14.1. The molecule has 3 rings (SSSR count). The molecular formula is C13H14N4O2S. The fraction of sp³-hybridized carbons (Fsp3) is 0.462. The first-order valence-corrected chi connectivity index (χ1v) is 7.43. The molecule has 6 nitrogen and oxygen atoms in total. The van der Waals surface area contributed by atoms with E-state index >= 15 is 0 Å². The maximum Gasteiger partial charge on any atom is 0.189 e. The molecular weight excluding hydrogens is 276 g/mol. The van der Waals surface area contributed by atoms with Crippen LogP contribution >= 0.6 is 11.8 Å². The molecule has 0 aliphatic carbocycles. The Morgan fingerprint density at radius 2 is 2.40 bits per heavy atom. The van der Waals surface area contributed by atoms with Crippen LogP contribution in [0.25, 0.3) is 11.0 Å². The normalized spacial score (nSPS) is 22.2. The van der Waals surface area contributed by atoms with E-state index in [1.54, 1.807) is 13.3 Å². The van der Waals surface area contributed by atoms with Gasteiger partial charge in [0.1, 0.15) is 23.5 Å². The molecule has 0 spiro atoms. The van der Waals surface area contributed by atoms with Crippen LogP contribution in [0, 0.1) is 11.3 Å². The number of thioether (sulfide) groups is 1. The molecule has 0 bridgehead atoms. The van der Waals surface area contributed by atoms with E-state index in [9.17, 15) is 5.26 Å². The standard InChI is InChI=1S/C13H14N4O2S/c1-18-11-7-19-6-10(11)17-9(4-14)3-8-5-15-13(20-2)16-12(8)17/h3,5,10-11H,6-7H2,1-2H3/t10-,11+/m1/s1. The van der Waals surface area contributed by atoms with Gasteiger partial charge in [0.25, 0.3) is 0 Å². The molecule has 20 heavy (non-hydrogen) atoms. The van der Waals surface area contributed by atoms with Gasteiger partial charge in [0.05, 0.1) is 19.3 Å². The molecule has 0 radical (unpaired) electrons. The van der Waals surface area contributed by atoms with Crippen LogP contribution in [0.3, 0.4) is 0 Å². The lowest BCUT2D eigenvalue weighted by Gasteiger charge is -2.19. The molecule has 1 fully saturated rings. The van der Waals surface area contributed by atoms with Crippen molar-refractivity contribution in [3.05, 3.63) is 18.0 Å². The number of nitriles is 1. The molecule has 2 aromatic heterocycles. The summed E-state index contributed by atoms with van der Waals surface area (Å²) in [6.45, 7) is 1.06. The molecule has 7 heteroatoms. The van der Waals surface area contributed by atoms with Crippen molar-refractivity contribution in [1.29, 1.82) is 5.26 Å². The van der Waals surface area contributed by atoms with Crippen LogP contribution in [0.4, 0.5) is 0 Å². The first-order chi connectivity index (χ1) is 9.78. The van der Waals surface area contributed by atoms with Crippen molar-refractivity contribution in [2.45, 2.75) is 17.3 Å². The summed E-state index contributed by atoms with van der Waals surface area (Å²) < 4.78 is 12.8. The van der Waals surface area contributed by atoms with Crippen molar-refractivity contribution < 1.29 is 9.47 Å². The highest BCUT2D eigenvalue weighted by atomic mass is 32.2. The third-order valence-corrected chi connectivity index (χ3v) is 4.05. The van der Waals surface area contributed by atoms with Gasteiger partial charge in [-0.2, -0.15) is 5.26 Å². The lowest BCUT2D eigenvalue weighted by molar-refractivity contribution is 0.0690. The Balaban J connectivity index is 2.19. The third kappa shape index (κ3) is 2.06. The van der Waals surface area contributed by atoms with Crippen LogP contribution in [0.5, 0.6) is 0 Å². The van der Waals surface area contributed by atoms with Crippen molar-refractivity contribution >= 4 is 22.8 Å². The maximum absolute atomic E-state index is 9.36. The highest BCUT2D eigenvalue weighted by Crippen LogP contribution is 2.29. The monoisotopic (exact) mass is 290 g/mol. The van der Waals surface area contributed by atoms with E-state index in [4.69, 9.17) is 9.47 Å². The maximum atomic E-state index is 9.36. The molecule has 0 amide bonds. The molecule has 1 aliphatic rings. The van der Waals surface area contributed by atoms with Gasteiger partial charge in [-0.15, -0.1) is 0 Å². The van der Waals surface area contributed by atoms with E-state index in [1.807, 2.05) is 16.9 Å². The highest BCUT2D eigenvalue weighted by Gasteiger charge is 2.32. The Kier molecular flexibility index (Phi) is 3.61. The summed E-state index contributed by atoms with van der Waals surface area (Å²) in [5.74, 6) is 0. The van der Waals surface area contributed by atoms with E-state index in [0.717, 1.165) is 11.0 Å². The zero-order valence-electron chi connectivity index (χ0n) is 11.2. The van der Waals surface area contributed by atoms with E-state index in [-0.39, 0.29) is 12.1 Å². The van der Waals surface area contributed by atoms with Gasteiger partial charge in [0.2, 0.25) is 0 Å². The predicted octanol–water partition coefficient (Wildman–Crippen LogP) is 1.61. The number of fused-ring (bicyclic) bond motifs is 1. The molecule has 2 atom stereocenters. The number of ether oxygens (including phenoxy) is 2. The topological polar surface area (TPSA) is 73.0 Å². The van der Waals surface area contributed by atoms with Crippen LogP contribution in [-0.4, -0.2) is 47.2 Å². The van der Waals surface area contributed by atoms with E-state index in [1.165, 1.54) is 11.8 Å². The predicted molar refractivity (Wildman–Crippen MR) is 74.7 cm³/mol. The van der Waals surface area contributed by atoms with Crippen LogP contribution in [0.2, 0.25) is 0 Å². The van der Waals surface area contributed by atoms with Gasteiger partial charge in [-0.3, -0.25) is 0 Å². The SMILES string of the molecule is CO[C@H]1COC[C@H]1n1c(C#N)cc2cnc(SC)nc21. The van der Waals surface area contributed by atoms with E-state index < -0.39 is 0 Å². The van der Waals surface area contributed by atoms with Crippen LogP contribution in [0.15, 0.2) is 17.4 Å². The van der Waals surface area contributed by atoms with Crippen LogP contribution in [0.1, 0.15) is 11.7 Å². The molecule has 1 saturated heterocycles. The average Bonchev–Trinajstić information content (AvgIpc) is 3.08. The number of methoxy groups -OCH3 is 1. The molecule has 3 heterocycles. The van der Waals surface area contributed by atoms with Gasteiger partial charge < -0.3 is 14.0 Å². The number of aromatic nitrogens is 3. The molecule has 0 unspecified atom stereocenters. The van der Waals surface area contributed by atoms with Crippen molar-refractivity contribution in [3.63, 3.8) is 0 Å². The minimum atomic E-state index is -0.0644. The molecule has 2 aromatic rings. The smallest absolute Gasteiger partial charge is 0.189 e. The number of hydrogen-bond donors (Lipinski definition) is 0. The second-order valence-corrected chi connectivity index (χ2v) is 5.30. The van der Waals surface area contributed by atoms with Crippen molar-refractivity contribution in [1.82, 2.24) is 14.5 Å². The lowest BCUT2D eigenvalue weighted by Crippen LogP contribution is -2.25. The summed E-state index contributed by atoms with van der Waals surface area (Å²) in [6, 6.07) is 4.00. The summed E-state index contributed by atoms with van der Waals surface area (Å²) in [4.78, 5) is 8.77. The van der Waals surface area contributed by atoms with Gasteiger partial charge in [0, 0.05) is 18.7 Å². The summed E-state index contributed by atoms with van der Waals surface area (Å²) in [5.41, 5.74) is 1.32. The quantitative estimate of drug-likeness (QED) is 0.631. The average molecular weight is 290 g/mol. The highest BCUT2D eigenvalue weighted by molar-refractivity contribution is 7.98. The fourth-order valence-electron chi connectivity index (χ4n) is 2.50. The zero-order valence-corrected chi connectivity index (χ0v) is 12.1. The van der Waals surface area contributed by atoms with Crippen molar-refractivity contribution in [2.24, 2.45) is 0 Å². The van der Waals surface area contributed by atoms with Crippen molar-refractivity contribution in [2.75, 3.05) is 26.6 Å². The van der Waals surface area contributed by atoms with E-state index in [2.05, 4.69) is 16.0 Å². The van der Waals surface area contributed by atoms with E-state index in [0.29, 0.717) is 24.1 Å². The van der Waals surface area contributed by atoms with Crippen LogP contribution < -0.4 is 0 Å². The molecule has 1 aliphatic heterocycles. The largest absolute Gasteiger partial charge is 0.377 e. The molecule has 0 N–H and O–H groups in total. The summed E-state index contributed by atoms with van der Waals surface area (Å²) in [7, 11) is 1.66. The molecule has 0 saturated carbocycles. The fourth-order valence-corrected chi connectivity index (χ4v) is 2.84. The summed E-state index contributed by atoms with van der Waals surface area (Å²) in [6.07, 6.45) is 3.62. The second-order valence-electron chi connectivity index (χ2n) is 4.53. The summed E-state index contributed by atoms with van der Waals surface area (Å²) >= 11 is 1.48. The number of rotatable bonds is 3. The number of nitrogens with zero attached hydrogens (tertiary/aromatic N) is 4. The van der Waals surface area contributed by atoms with Gasteiger partial charge in [-0.1, -0.05) is 11.8 Å². The Morgan fingerprint density at radius 3 is 3.10 bits per heavy atom. The van der Waals surface area contributed by atoms with Crippen LogP contribution in [-0.2, 0) is 9.47 Å². The Bertz CT molecular complexity index is 679. The first kappa shape index (κ1) is 13.4. The van der Waals surface area contributed by atoms with Gasteiger partial charge >= 0.3 is 0 Å². The minimum Gasteiger partial charge on any atom is -0.377 e. The first-order valence-electron chi connectivity index (χ1n) is 6.21. The lowest BCUT2D eigenvalue weighted by atomic mass is 10.2. The van der Waals surface area contributed by atoms with Crippen molar-refractivity contribution in [3.8, 4) is 6.07 Å². The Morgan fingerprint density at radius 1 is 1.55 bits per heavy atom. The van der Waals surface area contributed by atoms with Gasteiger partial charge in [0.15, 0.2) is 5.16 Å². The summed E-state index contributed by atoms with van der Waals surface area (Å²) in [5, 5.41) is 10.9. The Hall–Kier alpha value is -1.62. The molecule has 104 valence electrons. The van der Waals surface area contributed by atoms with Gasteiger partial charge in [-0.05, 0) is 12.3 Å². The Labute approximate surface area is 120 Å². The number of hydrogen-bond acceptors (Lipinski definition) is 6. The second kappa shape index (κ2) is 5.40. The van der Waals surface area contributed by atoms with Gasteiger partial charge in [-0.25, -0.2) is 9.97 Å². The minimum absolute atomic E-state index is 0.0308. The third-order valence-electron chi connectivity index (χ3n) is 3.49.